The summed E-state index contributed by atoms with van der Waals surface area (Å²) in [6.07, 6.45) is 3.08. The molecule has 1 atom stereocenters. The van der Waals surface area contributed by atoms with Crippen molar-refractivity contribution in [3.05, 3.63) is 46.7 Å². The van der Waals surface area contributed by atoms with Gasteiger partial charge in [0.1, 0.15) is 18.3 Å². The summed E-state index contributed by atoms with van der Waals surface area (Å²) in [4.78, 5) is 41.0. The molecule has 2 amide bonds. The van der Waals surface area contributed by atoms with Gasteiger partial charge in [0.2, 0.25) is 5.91 Å². The summed E-state index contributed by atoms with van der Waals surface area (Å²) in [6, 6.07) is 4.49. The zero-order valence-electron chi connectivity index (χ0n) is 19.8. The van der Waals surface area contributed by atoms with E-state index >= 15 is 0 Å². The standard InChI is InChI=1S/C23H27ClN6O5/c1-5-30-21-15(11-28-30)20(25-9-14-6-7-18(34-3)17(24)8-14)16(10-26-21)23(33)29-13(2)22(32)27-12-19(31)35-4/h6-8,10-11,13H,5,9,12H2,1-4H3,(H,25,26)(H,27,32)(H,29,33)/t13-/m0/s1. The molecule has 2 aromatic heterocycles. The van der Waals surface area contributed by atoms with E-state index in [1.165, 1.54) is 20.2 Å². The number of carbonyl (C=O) groups is 3. The molecule has 2 heterocycles. The first-order valence-electron chi connectivity index (χ1n) is 10.8. The molecule has 0 radical (unpaired) electrons. The van der Waals surface area contributed by atoms with E-state index in [0.717, 1.165) is 5.56 Å². The fourth-order valence-corrected chi connectivity index (χ4v) is 3.64. The van der Waals surface area contributed by atoms with Gasteiger partial charge in [-0.2, -0.15) is 5.10 Å². The molecule has 12 heteroatoms. The molecule has 0 aliphatic rings. The lowest BCUT2D eigenvalue weighted by Crippen LogP contribution is -2.46. The fraction of sp³-hybridized carbons (Fsp3) is 0.348. The molecule has 0 saturated heterocycles. The van der Waals surface area contributed by atoms with Crippen molar-refractivity contribution in [2.24, 2.45) is 0 Å². The van der Waals surface area contributed by atoms with E-state index in [4.69, 9.17) is 16.3 Å². The highest BCUT2D eigenvalue weighted by molar-refractivity contribution is 6.32. The molecule has 0 bridgehead atoms. The summed E-state index contributed by atoms with van der Waals surface area (Å²) >= 11 is 6.24. The van der Waals surface area contributed by atoms with Gasteiger partial charge < -0.3 is 25.4 Å². The third-order valence-electron chi connectivity index (χ3n) is 5.27. The Morgan fingerprint density at radius 3 is 2.63 bits per heavy atom. The van der Waals surface area contributed by atoms with Crippen molar-refractivity contribution in [2.45, 2.75) is 33.0 Å². The van der Waals surface area contributed by atoms with Crippen molar-refractivity contribution in [1.29, 1.82) is 0 Å². The third-order valence-corrected chi connectivity index (χ3v) is 5.57. The minimum Gasteiger partial charge on any atom is -0.495 e. The Hall–Kier alpha value is -3.86. The molecule has 11 nitrogen and oxygen atoms in total. The number of ether oxygens (including phenoxy) is 2. The Kier molecular flexibility index (Phi) is 8.48. The van der Waals surface area contributed by atoms with E-state index in [1.54, 1.807) is 30.1 Å². The van der Waals surface area contributed by atoms with Gasteiger partial charge in [-0.15, -0.1) is 0 Å². The van der Waals surface area contributed by atoms with Crippen molar-refractivity contribution < 1.29 is 23.9 Å². The highest BCUT2D eigenvalue weighted by Crippen LogP contribution is 2.29. The summed E-state index contributed by atoms with van der Waals surface area (Å²) in [5.74, 6) is -1.08. The first kappa shape index (κ1) is 25.8. The van der Waals surface area contributed by atoms with Crippen LogP contribution in [-0.4, -0.2) is 59.4 Å². The number of esters is 1. The highest BCUT2D eigenvalue weighted by atomic mass is 35.5. The predicted molar refractivity (Wildman–Crippen MR) is 130 cm³/mol. The van der Waals surface area contributed by atoms with Gasteiger partial charge >= 0.3 is 5.97 Å². The average molecular weight is 503 g/mol. The Morgan fingerprint density at radius 1 is 1.20 bits per heavy atom. The van der Waals surface area contributed by atoms with Gasteiger partial charge in [0.15, 0.2) is 5.65 Å². The number of aromatic nitrogens is 3. The van der Waals surface area contributed by atoms with Gasteiger partial charge in [-0.1, -0.05) is 17.7 Å². The minimum absolute atomic E-state index is 0.236. The highest BCUT2D eigenvalue weighted by Gasteiger charge is 2.22. The maximum absolute atomic E-state index is 13.1. The van der Waals surface area contributed by atoms with Crippen molar-refractivity contribution in [2.75, 3.05) is 26.1 Å². The maximum atomic E-state index is 13.1. The summed E-state index contributed by atoms with van der Waals surface area (Å²) in [6.45, 7) is 4.12. The van der Waals surface area contributed by atoms with Gasteiger partial charge in [0.05, 0.1) is 42.1 Å². The molecule has 3 aromatic rings. The smallest absolute Gasteiger partial charge is 0.325 e. The molecule has 1 aromatic carbocycles. The molecule has 0 spiro atoms. The van der Waals surface area contributed by atoms with Crippen LogP contribution in [0.5, 0.6) is 5.75 Å². The van der Waals surface area contributed by atoms with Crippen LogP contribution in [0.1, 0.15) is 29.8 Å². The number of carbonyl (C=O) groups excluding carboxylic acids is 3. The number of nitrogens with one attached hydrogen (secondary N) is 3. The molecule has 3 N–H and O–H groups in total. The lowest BCUT2D eigenvalue weighted by atomic mass is 10.1. The van der Waals surface area contributed by atoms with Gasteiger partial charge in [-0.05, 0) is 31.5 Å². The Morgan fingerprint density at radius 2 is 1.97 bits per heavy atom. The lowest BCUT2D eigenvalue weighted by molar-refractivity contribution is -0.141. The number of anilines is 1. The van der Waals surface area contributed by atoms with Gasteiger partial charge in [0.25, 0.3) is 5.91 Å². The Labute approximate surface area is 207 Å². The maximum Gasteiger partial charge on any atom is 0.325 e. The molecule has 0 saturated carbocycles. The van der Waals surface area contributed by atoms with Gasteiger partial charge in [-0.3, -0.25) is 14.4 Å². The molecular formula is C23H27ClN6O5. The number of methoxy groups -OCH3 is 2. The van der Waals surface area contributed by atoms with Crippen LogP contribution < -0.4 is 20.7 Å². The number of nitrogens with zero attached hydrogens (tertiary/aromatic N) is 3. The number of rotatable bonds is 10. The van der Waals surface area contributed by atoms with E-state index in [2.05, 4.69) is 30.8 Å². The van der Waals surface area contributed by atoms with E-state index in [-0.39, 0.29) is 12.1 Å². The van der Waals surface area contributed by atoms with E-state index in [1.807, 2.05) is 13.0 Å². The van der Waals surface area contributed by atoms with E-state index in [9.17, 15) is 14.4 Å². The molecule has 0 aliphatic carbocycles. The molecule has 186 valence electrons. The Balaban J connectivity index is 1.85. The Bertz CT molecular complexity index is 1240. The first-order valence-corrected chi connectivity index (χ1v) is 11.2. The zero-order valence-corrected chi connectivity index (χ0v) is 20.6. The van der Waals surface area contributed by atoms with E-state index < -0.39 is 23.8 Å². The van der Waals surface area contributed by atoms with Crippen molar-refractivity contribution in [3.8, 4) is 5.75 Å². The second-order valence-electron chi connectivity index (χ2n) is 7.56. The quantitative estimate of drug-likeness (QED) is 0.359. The first-order chi connectivity index (χ1) is 16.8. The number of aryl methyl sites for hydroxylation is 1. The molecule has 0 aliphatic heterocycles. The number of halogens is 1. The second-order valence-corrected chi connectivity index (χ2v) is 7.96. The van der Waals surface area contributed by atoms with Crippen LogP contribution in [0, 0.1) is 0 Å². The molecule has 0 fully saturated rings. The topological polar surface area (TPSA) is 136 Å². The number of benzene rings is 1. The minimum atomic E-state index is -0.908. The summed E-state index contributed by atoms with van der Waals surface area (Å²) < 4.78 is 11.4. The number of hydrogen-bond acceptors (Lipinski definition) is 8. The van der Waals surface area contributed by atoms with Crippen LogP contribution in [0.4, 0.5) is 5.69 Å². The van der Waals surface area contributed by atoms with Crippen LogP contribution >= 0.6 is 11.6 Å². The monoisotopic (exact) mass is 502 g/mol. The summed E-state index contributed by atoms with van der Waals surface area (Å²) in [5.41, 5.74) is 2.23. The van der Waals surface area contributed by atoms with E-state index in [0.29, 0.717) is 40.6 Å². The lowest BCUT2D eigenvalue weighted by Gasteiger charge is -2.17. The van der Waals surface area contributed by atoms with Crippen LogP contribution in [-0.2, 0) is 27.4 Å². The molecule has 3 rings (SSSR count). The van der Waals surface area contributed by atoms with Crippen LogP contribution in [0.3, 0.4) is 0 Å². The predicted octanol–water partition coefficient (Wildman–Crippen LogP) is 2.13. The second kappa shape index (κ2) is 11.5. The summed E-state index contributed by atoms with van der Waals surface area (Å²) in [7, 11) is 2.76. The average Bonchev–Trinajstić information content (AvgIpc) is 3.28. The summed E-state index contributed by atoms with van der Waals surface area (Å²) in [5, 5.41) is 13.8. The molecule has 0 unspecified atom stereocenters. The van der Waals surface area contributed by atoms with Crippen molar-refractivity contribution in [3.63, 3.8) is 0 Å². The number of hydrogen-bond donors (Lipinski definition) is 3. The van der Waals surface area contributed by atoms with Crippen LogP contribution in [0.15, 0.2) is 30.6 Å². The zero-order chi connectivity index (χ0) is 25.5. The molecule has 35 heavy (non-hydrogen) atoms. The number of fused-ring (bicyclic) bond motifs is 1. The largest absolute Gasteiger partial charge is 0.495 e. The van der Waals surface area contributed by atoms with Gasteiger partial charge in [0, 0.05) is 19.3 Å². The van der Waals surface area contributed by atoms with Crippen molar-refractivity contribution in [1.82, 2.24) is 25.4 Å². The fourth-order valence-electron chi connectivity index (χ4n) is 3.36. The number of amides is 2. The van der Waals surface area contributed by atoms with Crippen LogP contribution in [0.2, 0.25) is 5.02 Å². The molecular weight excluding hydrogens is 476 g/mol. The number of pyridine rings is 1. The third kappa shape index (κ3) is 5.99. The normalized spacial score (nSPS) is 11.6. The van der Waals surface area contributed by atoms with Crippen LogP contribution in [0.25, 0.3) is 11.0 Å². The van der Waals surface area contributed by atoms with Gasteiger partial charge in [-0.25, -0.2) is 9.67 Å². The SMILES string of the molecule is CCn1ncc2c(NCc3ccc(OC)c(Cl)c3)c(C(=O)N[C@@H](C)C(=O)NCC(=O)OC)cnc21. The van der Waals surface area contributed by atoms with Crippen molar-refractivity contribution >= 4 is 46.1 Å².